The Morgan fingerprint density at radius 2 is 1.86 bits per heavy atom. The molecule has 0 spiro atoms. The van der Waals surface area contributed by atoms with Crippen LogP contribution in [0.4, 0.5) is 0 Å². The molecule has 5 nitrogen and oxygen atoms in total. The highest BCUT2D eigenvalue weighted by Gasteiger charge is 2.32. The van der Waals surface area contributed by atoms with E-state index in [9.17, 15) is 9.13 Å². The van der Waals surface area contributed by atoms with E-state index in [1.807, 2.05) is 0 Å². The van der Waals surface area contributed by atoms with E-state index in [2.05, 4.69) is 0 Å². The molecule has 0 aromatic heterocycles. The van der Waals surface area contributed by atoms with Gasteiger partial charge in [-0.3, -0.25) is 9.09 Å². The molecule has 2 N–H and O–H groups in total. The predicted octanol–water partition coefficient (Wildman–Crippen LogP) is 1.94. The van der Waals surface area contributed by atoms with Gasteiger partial charge in [-0.1, -0.05) is 18.2 Å². The maximum atomic E-state index is 11.1. The molecule has 1 aromatic carbocycles. The summed E-state index contributed by atoms with van der Waals surface area (Å²) < 4.78 is 26.3. The summed E-state index contributed by atoms with van der Waals surface area (Å²) in [7, 11) is -6.63. The highest BCUT2D eigenvalue weighted by molar-refractivity contribution is 7.64. The monoisotopic (exact) mass is 235 g/mol. The van der Waals surface area contributed by atoms with E-state index in [1.165, 1.54) is 0 Å². The fraction of sp³-hybridized carbons (Fsp3) is 0.143. The Morgan fingerprint density at radius 3 is 2.36 bits per heavy atom. The zero-order valence-electron chi connectivity index (χ0n) is 7.11. The lowest BCUT2D eigenvalue weighted by atomic mass is 10.3. The van der Waals surface area contributed by atoms with Crippen molar-refractivity contribution < 1.29 is 23.4 Å². The van der Waals surface area contributed by atoms with Crippen LogP contribution in [0.1, 0.15) is 0 Å². The fourth-order valence-corrected chi connectivity index (χ4v) is 2.57. The van der Waals surface area contributed by atoms with Crippen LogP contribution >= 0.6 is 15.6 Å². The first-order valence-electron chi connectivity index (χ1n) is 3.69. The van der Waals surface area contributed by atoms with E-state index in [-0.39, 0.29) is 0 Å². The summed E-state index contributed by atoms with van der Waals surface area (Å²) in [5.74, 6) is -0.418. The molecule has 0 heterocycles. The molecule has 0 fully saturated rings. The molecular formula is C7H9O5P2+. The topological polar surface area (TPSA) is 83.8 Å². The first-order chi connectivity index (χ1) is 6.47. The molecule has 1 aromatic rings. The Morgan fingerprint density at radius 1 is 1.29 bits per heavy atom. The van der Waals surface area contributed by atoms with E-state index in [0.717, 1.165) is 0 Å². The van der Waals surface area contributed by atoms with Crippen molar-refractivity contribution in [1.29, 1.82) is 0 Å². The van der Waals surface area contributed by atoms with Crippen molar-refractivity contribution in [2.24, 2.45) is 0 Å². The van der Waals surface area contributed by atoms with Crippen LogP contribution in [0.25, 0.3) is 0 Å². The van der Waals surface area contributed by atoms with Gasteiger partial charge in [0.15, 0.2) is 5.75 Å². The van der Waals surface area contributed by atoms with Gasteiger partial charge in [-0.05, 0) is 16.7 Å². The molecule has 1 atom stereocenters. The highest BCUT2D eigenvalue weighted by atomic mass is 31.2. The first-order valence-corrected chi connectivity index (χ1v) is 6.86. The van der Waals surface area contributed by atoms with Gasteiger partial charge in [-0.15, -0.1) is 0 Å². The molecule has 0 saturated carbocycles. The number of hydrogen-bond donors (Lipinski definition) is 2. The Balaban J connectivity index is 2.55. The summed E-state index contributed by atoms with van der Waals surface area (Å²) in [5.41, 5.74) is 0. The van der Waals surface area contributed by atoms with Gasteiger partial charge in [0.2, 0.25) is 0 Å². The zero-order chi connectivity index (χ0) is 10.6. The first kappa shape index (κ1) is 11.3. The van der Waals surface area contributed by atoms with Gasteiger partial charge in [0.25, 0.3) is 5.90 Å². The molecule has 1 rings (SSSR count). The van der Waals surface area contributed by atoms with Crippen LogP contribution in [-0.2, 0) is 9.13 Å². The summed E-state index contributed by atoms with van der Waals surface area (Å²) in [6.45, 7) is 0. The number of rotatable bonds is 4. The van der Waals surface area contributed by atoms with Crippen molar-refractivity contribution in [3.8, 4) is 5.75 Å². The minimum absolute atomic E-state index is 0.335. The highest BCUT2D eigenvalue weighted by Crippen LogP contribution is 2.45. The van der Waals surface area contributed by atoms with Gasteiger partial charge in [-0.25, -0.2) is 0 Å². The summed E-state index contributed by atoms with van der Waals surface area (Å²) in [6.07, 6.45) is 0. The van der Waals surface area contributed by atoms with Crippen molar-refractivity contribution in [2.45, 2.75) is 0 Å². The van der Waals surface area contributed by atoms with Crippen LogP contribution in [0.15, 0.2) is 30.3 Å². The third-order valence-electron chi connectivity index (χ3n) is 1.25. The number of benzene rings is 1. The molecule has 0 radical (unpaired) electrons. The minimum Gasteiger partial charge on any atom is -0.321 e. The molecule has 0 bridgehead atoms. The lowest BCUT2D eigenvalue weighted by Crippen LogP contribution is -1.87. The Labute approximate surface area is 81.8 Å². The van der Waals surface area contributed by atoms with E-state index in [1.54, 1.807) is 30.3 Å². The zero-order valence-corrected chi connectivity index (χ0v) is 8.90. The molecule has 0 saturated heterocycles. The molecule has 0 aliphatic rings. The third-order valence-corrected chi connectivity index (χ3v) is 4.06. The smallest absolute Gasteiger partial charge is 0.321 e. The van der Waals surface area contributed by atoms with Crippen molar-refractivity contribution in [3.05, 3.63) is 30.3 Å². The van der Waals surface area contributed by atoms with Crippen molar-refractivity contribution in [3.63, 3.8) is 0 Å². The number of para-hydroxylation sites is 1. The maximum absolute atomic E-state index is 11.1. The average molecular weight is 235 g/mol. The van der Waals surface area contributed by atoms with Crippen LogP contribution in [0.2, 0.25) is 0 Å². The van der Waals surface area contributed by atoms with Gasteiger partial charge in [0.1, 0.15) is 0 Å². The van der Waals surface area contributed by atoms with Crippen LogP contribution in [0, 0.1) is 0 Å². The molecule has 14 heavy (non-hydrogen) atoms. The second-order valence-electron chi connectivity index (χ2n) is 2.54. The van der Waals surface area contributed by atoms with Gasteiger partial charge >= 0.3 is 15.6 Å². The fourth-order valence-electron chi connectivity index (χ4n) is 0.778. The lowest BCUT2D eigenvalue weighted by Gasteiger charge is -1.94. The average Bonchev–Trinajstić information content (AvgIpc) is 2.02. The SMILES string of the molecule is O=[P+](CP(=O)(O)O)Oc1ccccc1. The van der Waals surface area contributed by atoms with Crippen molar-refractivity contribution in [2.75, 3.05) is 5.90 Å². The summed E-state index contributed by atoms with van der Waals surface area (Å²) >= 11 is 0. The summed E-state index contributed by atoms with van der Waals surface area (Å²) in [6, 6.07) is 8.23. The molecule has 76 valence electrons. The predicted molar refractivity (Wildman–Crippen MR) is 51.6 cm³/mol. The molecule has 1 unspecified atom stereocenters. The van der Waals surface area contributed by atoms with Crippen LogP contribution in [-0.4, -0.2) is 15.7 Å². The van der Waals surface area contributed by atoms with Crippen LogP contribution in [0.5, 0.6) is 5.75 Å². The second kappa shape index (κ2) is 4.67. The number of hydrogen-bond acceptors (Lipinski definition) is 3. The van der Waals surface area contributed by atoms with Crippen molar-refractivity contribution >= 4 is 15.6 Å². The maximum Gasteiger partial charge on any atom is 0.569 e. The standard InChI is InChI=1S/C7H8O5P2/c8-13(6-14(9,10)11)12-7-4-2-1-3-5-7/h1-5H,6H2,(H-,9,10,11)/p+1. The summed E-state index contributed by atoms with van der Waals surface area (Å²) in [5, 5.41) is 0. The van der Waals surface area contributed by atoms with Crippen LogP contribution < -0.4 is 4.52 Å². The molecular weight excluding hydrogens is 226 g/mol. The van der Waals surface area contributed by atoms with Gasteiger partial charge in [0, 0.05) is 0 Å². The largest absolute Gasteiger partial charge is 0.569 e. The third kappa shape index (κ3) is 4.49. The lowest BCUT2D eigenvalue weighted by molar-refractivity contribution is 0.377. The van der Waals surface area contributed by atoms with Gasteiger partial charge < -0.3 is 9.79 Å². The van der Waals surface area contributed by atoms with E-state index in [0.29, 0.717) is 5.75 Å². The normalized spacial score (nSPS) is 12.3. The Kier molecular flexibility index (Phi) is 3.78. The quantitative estimate of drug-likeness (QED) is 0.779. The second-order valence-corrected chi connectivity index (χ2v) is 5.85. The molecule has 0 aliphatic carbocycles. The van der Waals surface area contributed by atoms with E-state index in [4.69, 9.17) is 14.3 Å². The summed E-state index contributed by atoms with van der Waals surface area (Å²) in [4.78, 5) is 17.0. The van der Waals surface area contributed by atoms with Crippen LogP contribution in [0.3, 0.4) is 0 Å². The Hall–Kier alpha value is -0.730. The molecule has 7 heteroatoms. The van der Waals surface area contributed by atoms with Gasteiger partial charge in [0.05, 0.1) is 0 Å². The Bertz CT molecular complexity index is 358. The van der Waals surface area contributed by atoms with Crippen molar-refractivity contribution in [1.82, 2.24) is 0 Å². The minimum atomic E-state index is -4.27. The molecule has 0 amide bonds. The molecule has 0 aliphatic heterocycles. The van der Waals surface area contributed by atoms with Gasteiger partial charge in [-0.2, -0.15) is 0 Å². The van der Waals surface area contributed by atoms with E-state index < -0.39 is 21.5 Å². The van der Waals surface area contributed by atoms with E-state index >= 15 is 0 Å².